The van der Waals surface area contributed by atoms with Crippen molar-refractivity contribution in [1.29, 1.82) is 0 Å². The first kappa shape index (κ1) is 27.6. The molecule has 2 heterocycles. The van der Waals surface area contributed by atoms with Crippen molar-refractivity contribution in [2.45, 2.75) is 43.7 Å². The third-order valence-electron chi connectivity index (χ3n) is 7.44. The third kappa shape index (κ3) is 5.80. The summed E-state index contributed by atoms with van der Waals surface area (Å²) in [7, 11) is 0. The summed E-state index contributed by atoms with van der Waals surface area (Å²) in [5.74, 6) is -0.696. The van der Waals surface area contributed by atoms with Gasteiger partial charge in [-0.05, 0) is 55.2 Å². The van der Waals surface area contributed by atoms with Gasteiger partial charge in [0.1, 0.15) is 5.76 Å². The third-order valence-corrected chi connectivity index (χ3v) is 7.44. The Labute approximate surface area is 227 Å². The van der Waals surface area contributed by atoms with E-state index in [1.165, 1.54) is 4.90 Å². The average Bonchev–Trinajstić information content (AvgIpc) is 2.91. The van der Waals surface area contributed by atoms with E-state index in [1.807, 2.05) is 54.6 Å². The molecule has 0 unspecified atom stereocenters. The van der Waals surface area contributed by atoms with E-state index in [4.69, 9.17) is 0 Å². The Balaban J connectivity index is 1.49. The number of rotatable bonds is 4. The highest BCUT2D eigenvalue weighted by molar-refractivity contribution is 5.95. The summed E-state index contributed by atoms with van der Waals surface area (Å²) in [4.78, 5) is 17.1. The van der Waals surface area contributed by atoms with E-state index < -0.39 is 41.0 Å². The molecule has 0 aliphatic carbocycles. The van der Waals surface area contributed by atoms with Gasteiger partial charge in [0, 0.05) is 35.4 Å². The van der Waals surface area contributed by atoms with Crippen LogP contribution < -0.4 is 4.90 Å². The molecule has 0 bridgehead atoms. The number of alkyl halides is 6. The smallest absolute Gasteiger partial charge is 0.416 e. The second kappa shape index (κ2) is 10.6. The molecule has 0 saturated carbocycles. The van der Waals surface area contributed by atoms with Crippen LogP contribution in [-0.4, -0.2) is 41.1 Å². The molecule has 210 valence electrons. The first-order valence-corrected chi connectivity index (χ1v) is 12.8. The average molecular weight is 561 g/mol. The number of fused-ring (bicyclic) bond motifs is 1. The second-order valence-electron chi connectivity index (χ2n) is 10.1. The monoisotopic (exact) mass is 560 g/mol. The second-order valence-corrected chi connectivity index (χ2v) is 10.1. The highest BCUT2D eigenvalue weighted by Gasteiger charge is 2.40. The summed E-state index contributed by atoms with van der Waals surface area (Å²) in [6.07, 6.45) is -7.21. The van der Waals surface area contributed by atoms with Gasteiger partial charge in [0.15, 0.2) is 0 Å². The number of aliphatic hydroxyl groups is 1. The minimum absolute atomic E-state index is 0.0261. The molecule has 1 saturated heterocycles. The number of piperidine rings is 1. The first-order valence-electron chi connectivity index (χ1n) is 12.8. The molecule has 0 radical (unpaired) electrons. The van der Waals surface area contributed by atoms with Gasteiger partial charge in [-0.2, -0.15) is 26.3 Å². The summed E-state index contributed by atoms with van der Waals surface area (Å²) >= 11 is 0. The van der Waals surface area contributed by atoms with E-state index in [0.29, 0.717) is 31.4 Å². The van der Waals surface area contributed by atoms with Crippen LogP contribution in [0.15, 0.2) is 78.6 Å². The number of likely N-dealkylation sites (tertiary alicyclic amines) is 1. The molecule has 10 heteroatoms. The number of para-hydroxylation sites is 1. The summed E-state index contributed by atoms with van der Waals surface area (Å²) in [5.41, 5.74) is -1.06. The molecule has 1 fully saturated rings. The van der Waals surface area contributed by atoms with Crippen molar-refractivity contribution in [1.82, 2.24) is 4.90 Å². The SMILES string of the molecule is O=C(c1cc(C(F)(F)F)cc(C(F)(F)F)c1)N1CC[C@H](N2CC(O)=Cc3ccccc32)C[C@H]1Cc1ccccc1. The van der Waals surface area contributed by atoms with E-state index in [0.717, 1.165) is 16.8 Å². The van der Waals surface area contributed by atoms with Crippen LogP contribution >= 0.6 is 0 Å². The molecular weight excluding hydrogens is 534 g/mol. The Kier molecular flexibility index (Phi) is 7.29. The maximum absolute atomic E-state index is 13.6. The van der Waals surface area contributed by atoms with Gasteiger partial charge in [0.2, 0.25) is 0 Å². The fourth-order valence-corrected chi connectivity index (χ4v) is 5.59. The van der Waals surface area contributed by atoms with Gasteiger partial charge >= 0.3 is 12.4 Å². The zero-order valence-electron chi connectivity index (χ0n) is 21.2. The number of hydrogen-bond donors (Lipinski definition) is 1. The predicted octanol–water partition coefficient (Wildman–Crippen LogP) is 7.36. The molecule has 0 aromatic heterocycles. The molecule has 2 aliphatic heterocycles. The molecule has 40 heavy (non-hydrogen) atoms. The van der Waals surface area contributed by atoms with Crippen LogP contribution in [0.2, 0.25) is 0 Å². The summed E-state index contributed by atoms with van der Waals surface area (Å²) in [6, 6.07) is 17.2. The quantitative estimate of drug-likeness (QED) is 0.339. The molecule has 5 rings (SSSR count). The summed E-state index contributed by atoms with van der Waals surface area (Å²) in [6.45, 7) is 0.387. The molecule has 2 aliphatic rings. The zero-order valence-corrected chi connectivity index (χ0v) is 21.2. The van der Waals surface area contributed by atoms with Crippen molar-refractivity contribution in [2.24, 2.45) is 0 Å². The molecule has 1 N–H and O–H groups in total. The Bertz CT molecular complexity index is 1390. The number of hydrogen-bond acceptors (Lipinski definition) is 3. The fraction of sp³-hybridized carbons (Fsp3) is 0.300. The number of carbonyl (C=O) groups excluding carboxylic acids is 1. The van der Waals surface area contributed by atoms with E-state index in [2.05, 4.69) is 4.90 Å². The molecule has 4 nitrogen and oxygen atoms in total. The van der Waals surface area contributed by atoms with Crippen LogP contribution in [0.4, 0.5) is 32.0 Å². The van der Waals surface area contributed by atoms with Crippen LogP contribution in [0.5, 0.6) is 0 Å². The van der Waals surface area contributed by atoms with Crippen LogP contribution in [0.1, 0.15) is 45.5 Å². The number of carbonyl (C=O) groups is 1. The minimum atomic E-state index is -5.05. The van der Waals surface area contributed by atoms with Crippen LogP contribution in [0.25, 0.3) is 6.08 Å². The molecule has 3 aromatic rings. The first-order chi connectivity index (χ1) is 18.9. The molecule has 0 spiro atoms. The zero-order chi connectivity index (χ0) is 28.7. The number of halogens is 6. The summed E-state index contributed by atoms with van der Waals surface area (Å²) in [5, 5.41) is 10.4. The van der Waals surface area contributed by atoms with Crippen molar-refractivity contribution < 1.29 is 36.2 Å². The molecular formula is C30H26F6N2O2. The van der Waals surface area contributed by atoms with E-state index >= 15 is 0 Å². The Hall–Kier alpha value is -3.95. The molecule has 3 aromatic carbocycles. The lowest BCUT2D eigenvalue weighted by Gasteiger charge is -2.45. The van der Waals surface area contributed by atoms with Gasteiger partial charge in [0.25, 0.3) is 5.91 Å². The van der Waals surface area contributed by atoms with Crippen molar-refractivity contribution >= 4 is 17.7 Å². The Morgan fingerprint density at radius 1 is 0.875 bits per heavy atom. The van der Waals surface area contributed by atoms with Crippen molar-refractivity contribution in [3.05, 3.63) is 106 Å². The highest BCUT2D eigenvalue weighted by atomic mass is 19.4. The maximum Gasteiger partial charge on any atom is 0.416 e. The standard InChI is InChI=1S/C30H26F6N2O2/c31-29(32,33)22-13-21(14-23(16-22)30(34,35)36)28(40)37-11-10-24(17-25(37)12-19-6-2-1-3-7-19)38-18-26(39)15-20-8-4-5-9-27(20)38/h1-9,13-16,24-25,39H,10-12,17-18H2/t24-,25+/m0/s1. The van der Waals surface area contributed by atoms with Gasteiger partial charge in [-0.15, -0.1) is 0 Å². The number of benzene rings is 3. The molecule has 2 atom stereocenters. The predicted molar refractivity (Wildman–Crippen MR) is 139 cm³/mol. The van der Waals surface area contributed by atoms with Crippen molar-refractivity contribution in [3.8, 4) is 0 Å². The van der Waals surface area contributed by atoms with Gasteiger partial charge in [-0.25, -0.2) is 0 Å². The molecule has 1 amide bonds. The minimum Gasteiger partial charge on any atom is -0.510 e. The topological polar surface area (TPSA) is 43.8 Å². The van der Waals surface area contributed by atoms with E-state index in [9.17, 15) is 36.2 Å². The van der Waals surface area contributed by atoms with Crippen molar-refractivity contribution in [3.63, 3.8) is 0 Å². The van der Waals surface area contributed by atoms with Crippen molar-refractivity contribution in [2.75, 3.05) is 18.0 Å². The van der Waals surface area contributed by atoms with Gasteiger partial charge in [0.05, 0.1) is 17.7 Å². The van der Waals surface area contributed by atoms with E-state index in [1.54, 1.807) is 6.08 Å². The van der Waals surface area contributed by atoms with E-state index in [-0.39, 0.29) is 31.0 Å². The van der Waals surface area contributed by atoms with Crippen LogP contribution in [0, 0.1) is 0 Å². The van der Waals surface area contributed by atoms with Gasteiger partial charge in [-0.1, -0.05) is 48.5 Å². The maximum atomic E-state index is 13.6. The number of amides is 1. The Morgan fingerprint density at radius 3 is 2.15 bits per heavy atom. The van der Waals surface area contributed by atoms with Crippen LogP contribution in [0.3, 0.4) is 0 Å². The lowest BCUT2D eigenvalue weighted by molar-refractivity contribution is -0.143. The largest absolute Gasteiger partial charge is 0.510 e. The van der Waals surface area contributed by atoms with Gasteiger partial charge < -0.3 is 14.9 Å². The Morgan fingerprint density at radius 2 is 1.50 bits per heavy atom. The lowest BCUT2D eigenvalue weighted by atomic mass is 9.89. The van der Waals surface area contributed by atoms with Gasteiger partial charge in [-0.3, -0.25) is 4.79 Å². The lowest BCUT2D eigenvalue weighted by Crippen LogP contribution is -2.53. The number of anilines is 1. The normalized spacial score (nSPS) is 19.7. The van der Waals surface area contributed by atoms with Crippen LogP contribution in [-0.2, 0) is 18.8 Å². The number of nitrogens with zero attached hydrogens (tertiary/aromatic N) is 2. The summed E-state index contributed by atoms with van der Waals surface area (Å²) < 4.78 is 81.0. The number of aliphatic hydroxyl groups excluding tert-OH is 1. The highest BCUT2D eigenvalue weighted by Crippen LogP contribution is 2.38. The fourth-order valence-electron chi connectivity index (χ4n) is 5.59.